The van der Waals surface area contributed by atoms with Gasteiger partial charge >= 0.3 is 0 Å². The summed E-state index contributed by atoms with van der Waals surface area (Å²) in [6.45, 7) is 25.6. The SMILES string of the molecule is Cc1cc(C)c(C)c(C)c1.Cc1ccc(-c2ccccc2)cc1.Cc1ccc2ccccc2c1.Cc1cccc(-c2ccccc2)c1.Cc1cccc2ccccc12.Cc1ccccc1.Cc1ccccc1-c1ccccc1.Cc1ccccc1C. The van der Waals surface area contributed by atoms with Crippen molar-refractivity contribution in [3.05, 3.63) is 382 Å². The monoisotopic (exact) mass is 1120 g/mol. The van der Waals surface area contributed by atoms with Crippen LogP contribution in [0.25, 0.3) is 54.9 Å². The Kier molecular flexibility index (Phi) is 27.1. The molecule has 0 atom stereocenters. The normalized spacial score (nSPS) is 9.86. The summed E-state index contributed by atoms with van der Waals surface area (Å²) in [6, 6.07) is 110. The minimum absolute atomic E-state index is 1.28. The quantitative estimate of drug-likeness (QED) is 0.165. The molecule has 13 aromatic rings. The van der Waals surface area contributed by atoms with E-state index >= 15 is 0 Å². The summed E-state index contributed by atoms with van der Waals surface area (Å²) in [6.07, 6.45) is 0. The Balaban J connectivity index is 0.000000158. The lowest BCUT2D eigenvalue weighted by Gasteiger charge is -2.04. The highest BCUT2D eigenvalue weighted by molar-refractivity contribution is 5.85. The number of hydrogen-bond acceptors (Lipinski definition) is 0. The zero-order valence-corrected chi connectivity index (χ0v) is 53.0. The molecule has 0 heterocycles. The van der Waals surface area contributed by atoms with Crippen LogP contribution in [0.5, 0.6) is 0 Å². The van der Waals surface area contributed by atoms with Crippen molar-refractivity contribution < 1.29 is 0 Å². The molecule has 0 nitrogen and oxygen atoms in total. The molecule has 0 aliphatic heterocycles. The van der Waals surface area contributed by atoms with Gasteiger partial charge in [0.2, 0.25) is 0 Å². The van der Waals surface area contributed by atoms with E-state index in [9.17, 15) is 0 Å². The molecule has 13 rings (SSSR count). The summed E-state index contributed by atoms with van der Waals surface area (Å²) in [5, 5.41) is 5.33. The van der Waals surface area contributed by atoms with E-state index in [4.69, 9.17) is 0 Å². The van der Waals surface area contributed by atoms with E-state index in [0.29, 0.717) is 0 Å². The predicted molar refractivity (Wildman–Crippen MR) is 380 cm³/mol. The smallest absolute Gasteiger partial charge is 0.0155 e. The molecule has 13 aromatic carbocycles. The molecule has 0 aromatic heterocycles. The Hall–Kier alpha value is -9.62. The van der Waals surface area contributed by atoms with Crippen molar-refractivity contribution in [2.24, 2.45) is 0 Å². The van der Waals surface area contributed by atoms with Gasteiger partial charge in [0, 0.05) is 0 Å². The van der Waals surface area contributed by atoms with E-state index in [0.717, 1.165) is 0 Å². The van der Waals surface area contributed by atoms with Crippen molar-refractivity contribution in [1.29, 1.82) is 0 Å². The predicted octanol–water partition coefficient (Wildman–Crippen LogP) is 24.5. The van der Waals surface area contributed by atoms with Gasteiger partial charge in [-0.3, -0.25) is 0 Å². The Labute approximate surface area is 517 Å². The molecule has 0 aliphatic carbocycles. The molecule has 0 fully saturated rings. The largest absolute Gasteiger partial charge is 0.0622 e. The third-order valence-electron chi connectivity index (χ3n) is 14.9. The first kappa shape index (κ1) is 65.5. The molecular formula is C86H88. The van der Waals surface area contributed by atoms with Crippen molar-refractivity contribution in [2.75, 3.05) is 0 Å². The molecule has 0 heteroatoms. The molecule has 0 saturated carbocycles. The second-order valence-electron chi connectivity index (χ2n) is 22.1. The molecule has 432 valence electrons. The minimum atomic E-state index is 1.28. The van der Waals surface area contributed by atoms with Gasteiger partial charge in [-0.05, 0) is 177 Å². The minimum Gasteiger partial charge on any atom is -0.0622 e. The highest BCUT2D eigenvalue weighted by atomic mass is 14.1. The topological polar surface area (TPSA) is 0 Å². The van der Waals surface area contributed by atoms with E-state index in [1.54, 1.807) is 0 Å². The van der Waals surface area contributed by atoms with Crippen LogP contribution >= 0.6 is 0 Å². The third-order valence-corrected chi connectivity index (χ3v) is 14.9. The molecule has 0 saturated heterocycles. The van der Waals surface area contributed by atoms with Crippen LogP contribution in [0.15, 0.2) is 315 Å². The van der Waals surface area contributed by atoms with Crippen LogP contribution in [0.2, 0.25) is 0 Å². The number of aryl methyl sites for hydroxylation is 11. The van der Waals surface area contributed by atoms with Gasteiger partial charge in [0.1, 0.15) is 0 Å². The lowest BCUT2D eigenvalue weighted by atomic mass is 10.0. The van der Waals surface area contributed by atoms with Crippen LogP contribution in [0.1, 0.15) is 66.8 Å². The average molecular weight is 1120 g/mol. The summed E-state index contributed by atoms with van der Waals surface area (Å²) in [4.78, 5) is 0. The first-order chi connectivity index (χ1) is 41.6. The molecule has 86 heavy (non-hydrogen) atoms. The fourth-order valence-electron chi connectivity index (χ4n) is 9.49. The summed E-state index contributed by atoms with van der Waals surface area (Å²) >= 11 is 0. The Bertz CT molecular complexity index is 3970. The van der Waals surface area contributed by atoms with Crippen LogP contribution in [0.4, 0.5) is 0 Å². The standard InChI is InChI=1S/3C13H12.2C11H10.C10H14.C8H10.C7H8/c1-11-7-5-6-10-13(11)12-8-3-2-4-9-12;1-11-6-5-9-13(10-11)12-7-3-2-4-8-12;1-11-7-9-13(10-8-11)12-5-3-2-4-6-12;1-9-5-4-7-10-6-2-3-8-11(9)10;1-9-6-7-10-4-2-3-5-11(10)8-9;1-7-5-8(2)10(4)9(3)6-7;1-7-5-3-4-6-8(7)2;1-7-5-3-2-4-6-7/h3*2-10H,1H3;2*2-8H,1H3;5-6H,1-4H3;3-6H,1-2H3;2-6H,1H3. The second kappa shape index (κ2) is 35.5. The van der Waals surface area contributed by atoms with E-state index in [1.165, 1.54) is 122 Å². The van der Waals surface area contributed by atoms with Crippen LogP contribution in [-0.4, -0.2) is 0 Å². The molecule has 0 N–H and O–H groups in total. The summed E-state index contributed by atoms with van der Waals surface area (Å²) in [5.74, 6) is 0. The third kappa shape index (κ3) is 22.5. The number of hydrogen-bond donors (Lipinski definition) is 0. The Morgan fingerprint density at radius 3 is 1.03 bits per heavy atom. The van der Waals surface area contributed by atoms with Crippen LogP contribution in [-0.2, 0) is 0 Å². The molecule has 0 radical (unpaired) electrons. The van der Waals surface area contributed by atoms with Gasteiger partial charge in [-0.2, -0.15) is 0 Å². The van der Waals surface area contributed by atoms with Crippen LogP contribution < -0.4 is 0 Å². The van der Waals surface area contributed by atoms with Gasteiger partial charge in [-0.15, -0.1) is 0 Å². The molecule has 0 amide bonds. The molecular weight excluding hydrogens is 1030 g/mol. The van der Waals surface area contributed by atoms with E-state index < -0.39 is 0 Å². The van der Waals surface area contributed by atoms with Crippen LogP contribution in [0.3, 0.4) is 0 Å². The lowest BCUT2D eigenvalue weighted by molar-refractivity contribution is 1.23. The molecule has 0 bridgehead atoms. The summed E-state index contributed by atoms with van der Waals surface area (Å²) in [5.41, 5.74) is 24.0. The van der Waals surface area contributed by atoms with Crippen molar-refractivity contribution in [3.8, 4) is 33.4 Å². The van der Waals surface area contributed by atoms with Crippen molar-refractivity contribution in [1.82, 2.24) is 0 Å². The van der Waals surface area contributed by atoms with Gasteiger partial charge in [0.15, 0.2) is 0 Å². The maximum Gasteiger partial charge on any atom is -0.0155 e. The highest BCUT2D eigenvalue weighted by Gasteiger charge is 2.00. The molecule has 0 unspecified atom stereocenters. The maximum absolute atomic E-state index is 2.22. The summed E-state index contributed by atoms with van der Waals surface area (Å²) < 4.78 is 0. The lowest BCUT2D eigenvalue weighted by Crippen LogP contribution is -1.86. The number of fused-ring (bicyclic) bond motifs is 2. The zero-order valence-electron chi connectivity index (χ0n) is 53.0. The van der Waals surface area contributed by atoms with Crippen molar-refractivity contribution in [3.63, 3.8) is 0 Å². The highest BCUT2D eigenvalue weighted by Crippen LogP contribution is 2.24. The Morgan fingerprint density at radius 1 is 0.163 bits per heavy atom. The van der Waals surface area contributed by atoms with Gasteiger partial charge in [-0.1, -0.05) is 343 Å². The summed E-state index contributed by atoms with van der Waals surface area (Å²) in [7, 11) is 0. The van der Waals surface area contributed by atoms with E-state index in [-0.39, 0.29) is 0 Å². The van der Waals surface area contributed by atoms with Crippen LogP contribution in [0, 0.1) is 83.1 Å². The first-order valence-electron chi connectivity index (χ1n) is 30.0. The second-order valence-corrected chi connectivity index (χ2v) is 22.1. The average Bonchev–Trinajstić information content (AvgIpc) is 3.64. The van der Waals surface area contributed by atoms with Gasteiger partial charge in [0.05, 0.1) is 0 Å². The maximum atomic E-state index is 2.22. The first-order valence-corrected chi connectivity index (χ1v) is 30.0. The van der Waals surface area contributed by atoms with E-state index in [1.807, 2.05) is 36.4 Å². The van der Waals surface area contributed by atoms with E-state index in [2.05, 4.69) is 362 Å². The van der Waals surface area contributed by atoms with Gasteiger partial charge < -0.3 is 0 Å². The number of benzene rings is 13. The van der Waals surface area contributed by atoms with Crippen molar-refractivity contribution >= 4 is 21.5 Å². The fraction of sp³-hybridized carbons (Fsp3) is 0.140. The van der Waals surface area contributed by atoms with Gasteiger partial charge in [0.25, 0.3) is 0 Å². The fourth-order valence-corrected chi connectivity index (χ4v) is 9.49. The zero-order chi connectivity index (χ0) is 61.5. The van der Waals surface area contributed by atoms with Gasteiger partial charge in [-0.25, -0.2) is 0 Å². The van der Waals surface area contributed by atoms with Crippen molar-refractivity contribution in [2.45, 2.75) is 83.1 Å². The number of rotatable bonds is 3. The molecule has 0 spiro atoms. The molecule has 0 aliphatic rings. The Morgan fingerprint density at radius 2 is 0.523 bits per heavy atom.